The number of rotatable bonds is 12. The first-order chi connectivity index (χ1) is 8.06. The van der Waals surface area contributed by atoms with Crippen molar-refractivity contribution in [2.75, 3.05) is 0 Å². The summed E-state index contributed by atoms with van der Waals surface area (Å²) in [5.74, 6) is 0. The monoisotopic (exact) mass is 243 g/mol. The summed E-state index contributed by atoms with van der Waals surface area (Å²) in [5, 5.41) is 9.34. The third-order valence-corrected chi connectivity index (χ3v) is 3.29. The predicted molar refractivity (Wildman–Crippen MR) is 75.9 cm³/mol. The zero-order valence-corrected chi connectivity index (χ0v) is 12.0. The Kier molecular flexibility index (Phi) is 11.0. The summed E-state index contributed by atoms with van der Waals surface area (Å²) < 4.78 is 0. The number of unbranched alkanes of at least 4 members (excludes halogenated alkanes) is 10. The molecule has 0 aromatic rings. The van der Waals surface area contributed by atoms with Crippen molar-refractivity contribution in [2.45, 2.75) is 96.6 Å². The summed E-state index contributed by atoms with van der Waals surface area (Å²) >= 11 is 0. The molecule has 0 aliphatic heterocycles. The minimum absolute atomic E-state index is 0.726. The van der Waals surface area contributed by atoms with E-state index in [4.69, 9.17) is 5.73 Å². The highest BCUT2D eigenvalue weighted by atomic mass is 16.3. The van der Waals surface area contributed by atoms with Crippen molar-refractivity contribution < 1.29 is 5.11 Å². The molecule has 0 amide bonds. The van der Waals surface area contributed by atoms with Crippen molar-refractivity contribution in [2.24, 2.45) is 5.73 Å². The van der Waals surface area contributed by atoms with Gasteiger partial charge in [0, 0.05) is 0 Å². The van der Waals surface area contributed by atoms with Crippen LogP contribution in [-0.2, 0) is 0 Å². The molecule has 0 aromatic heterocycles. The standard InChI is InChI=1S/C15H33NO/c1-3-4-5-6-7-8-9-10-11-12-13-14-15(2,16)17/h17H,3-14,16H2,1-2H3. The summed E-state index contributed by atoms with van der Waals surface area (Å²) in [6, 6.07) is 0. The number of hydrogen-bond acceptors (Lipinski definition) is 2. The molecule has 0 saturated carbocycles. The van der Waals surface area contributed by atoms with Gasteiger partial charge in [0.1, 0.15) is 5.72 Å². The Bertz CT molecular complexity index is 151. The molecule has 0 spiro atoms. The summed E-state index contributed by atoms with van der Waals surface area (Å²) in [4.78, 5) is 0. The molecule has 0 rings (SSSR count). The van der Waals surface area contributed by atoms with Crippen LogP contribution in [0, 0.1) is 0 Å². The molecule has 0 aromatic carbocycles. The first-order valence-corrected chi connectivity index (χ1v) is 7.57. The van der Waals surface area contributed by atoms with Crippen molar-refractivity contribution in [3.05, 3.63) is 0 Å². The van der Waals surface area contributed by atoms with Gasteiger partial charge in [0.2, 0.25) is 0 Å². The molecular weight excluding hydrogens is 210 g/mol. The molecule has 0 radical (unpaired) electrons. The number of nitrogens with two attached hydrogens (primary N) is 1. The van der Waals surface area contributed by atoms with E-state index in [1.165, 1.54) is 64.2 Å². The molecule has 2 nitrogen and oxygen atoms in total. The summed E-state index contributed by atoms with van der Waals surface area (Å²) in [7, 11) is 0. The van der Waals surface area contributed by atoms with Crippen LogP contribution in [0.2, 0.25) is 0 Å². The molecule has 0 heterocycles. The van der Waals surface area contributed by atoms with Crippen LogP contribution in [0.3, 0.4) is 0 Å². The van der Waals surface area contributed by atoms with Crippen LogP contribution in [0.1, 0.15) is 90.9 Å². The molecule has 0 aliphatic carbocycles. The predicted octanol–water partition coefficient (Wildman–Crippen LogP) is 4.35. The van der Waals surface area contributed by atoms with E-state index in [0.29, 0.717) is 0 Å². The molecule has 0 bridgehead atoms. The second-order valence-electron chi connectivity index (χ2n) is 5.64. The SMILES string of the molecule is CCCCCCCCCCCCCC(C)(N)O. The fourth-order valence-corrected chi connectivity index (χ4v) is 2.15. The Hall–Kier alpha value is -0.0800. The zero-order chi connectivity index (χ0) is 13.0. The summed E-state index contributed by atoms with van der Waals surface area (Å²) in [5.41, 5.74) is 4.55. The highest BCUT2D eigenvalue weighted by Gasteiger charge is 2.11. The van der Waals surface area contributed by atoms with Gasteiger partial charge < -0.3 is 10.8 Å². The molecule has 3 N–H and O–H groups in total. The summed E-state index contributed by atoms with van der Waals surface area (Å²) in [6.07, 6.45) is 15.4. The van der Waals surface area contributed by atoms with Crippen LogP contribution in [0.15, 0.2) is 0 Å². The first-order valence-electron chi connectivity index (χ1n) is 7.57. The Balaban J connectivity index is 2.99. The average Bonchev–Trinajstić information content (AvgIpc) is 2.24. The number of hydrogen-bond donors (Lipinski definition) is 2. The highest BCUT2D eigenvalue weighted by molar-refractivity contribution is 4.62. The Morgan fingerprint density at radius 2 is 1.12 bits per heavy atom. The molecule has 1 unspecified atom stereocenters. The third-order valence-electron chi connectivity index (χ3n) is 3.29. The van der Waals surface area contributed by atoms with Gasteiger partial charge in [-0.1, -0.05) is 71.1 Å². The molecule has 104 valence electrons. The fraction of sp³-hybridized carbons (Fsp3) is 1.00. The van der Waals surface area contributed by atoms with Crippen molar-refractivity contribution in [3.63, 3.8) is 0 Å². The topological polar surface area (TPSA) is 46.2 Å². The molecule has 0 aliphatic rings. The van der Waals surface area contributed by atoms with Crippen LogP contribution >= 0.6 is 0 Å². The van der Waals surface area contributed by atoms with E-state index in [1.807, 2.05) is 0 Å². The maximum Gasteiger partial charge on any atom is 0.110 e. The van der Waals surface area contributed by atoms with Crippen molar-refractivity contribution in [1.82, 2.24) is 0 Å². The first kappa shape index (κ1) is 16.9. The lowest BCUT2D eigenvalue weighted by molar-refractivity contribution is 0.0550. The van der Waals surface area contributed by atoms with Crippen molar-refractivity contribution in [3.8, 4) is 0 Å². The smallest absolute Gasteiger partial charge is 0.110 e. The van der Waals surface area contributed by atoms with E-state index >= 15 is 0 Å². The maximum atomic E-state index is 9.34. The van der Waals surface area contributed by atoms with Gasteiger partial charge in [-0.3, -0.25) is 0 Å². The minimum atomic E-state index is -0.959. The van der Waals surface area contributed by atoms with Gasteiger partial charge >= 0.3 is 0 Å². The fourth-order valence-electron chi connectivity index (χ4n) is 2.15. The van der Waals surface area contributed by atoms with E-state index in [9.17, 15) is 5.11 Å². The molecular formula is C15H33NO. The Morgan fingerprint density at radius 1 is 0.765 bits per heavy atom. The molecule has 17 heavy (non-hydrogen) atoms. The second kappa shape index (κ2) is 11.0. The van der Waals surface area contributed by atoms with E-state index in [-0.39, 0.29) is 0 Å². The van der Waals surface area contributed by atoms with Crippen LogP contribution in [0.4, 0.5) is 0 Å². The normalized spacial score (nSPS) is 14.8. The van der Waals surface area contributed by atoms with Gasteiger partial charge in [-0.25, -0.2) is 0 Å². The highest BCUT2D eigenvalue weighted by Crippen LogP contribution is 2.13. The van der Waals surface area contributed by atoms with Crippen molar-refractivity contribution >= 4 is 0 Å². The van der Waals surface area contributed by atoms with Gasteiger partial charge in [-0.15, -0.1) is 0 Å². The maximum absolute atomic E-state index is 9.34. The van der Waals surface area contributed by atoms with E-state index in [1.54, 1.807) is 6.92 Å². The Labute approximate surface area is 108 Å². The molecule has 2 heteroatoms. The van der Waals surface area contributed by atoms with Gasteiger partial charge in [-0.05, 0) is 19.8 Å². The van der Waals surface area contributed by atoms with E-state index in [2.05, 4.69) is 6.92 Å². The molecule has 0 saturated heterocycles. The average molecular weight is 243 g/mol. The lowest BCUT2D eigenvalue weighted by atomic mass is 10.0. The lowest BCUT2D eigenvalue weighted by Crippen LogP contribution is -2.35. The second-order valence-corrected chi connectivity index (χ2v) is 5.64. The Morgan fingerprint density at radius 3 is 1.47 bits per heavy atom. The largest absolute Gasteiger partial charge is 0.376 e. The third kappa shape index (κ3) is 15.9. The van der Waals surface area contributed by atoms with Gasteiger partial charge in [0.25, 0.3) is 0 Å². The van der Waals surface area contributed by atoms with Crippen LogP contribution in [0.25, 0.3) is 0 Å². The molecule has 0 fully saturated rings. The van der Waals surface area contributed by atoms with Gasteiger partial charge in [0.05, 0.1) is 0 Å². The van der Waals surface area contributed by atoms with Gasteiger partial charge in [-0.2, -0.15) is 0 Å². The van der Waals surface area contributed by atoms with Crippen LogP contribution in [0.5, 0.6) is 0 Å². The van der Waals surface area contributed by atoms with E-state index < -0.39 is 5.72 Å². The summed E-state index contributed by atoms with van der Waals surface area (Å²) in [6.45, 7) is 3.95. The minimum Gasteiger partial charge on any atom is -0.376 e. The zero-order valence-electron chi connectivity index (χ0n) is 12.0. The quantitative estimate of drug-likeness (QED) is 0.395. The number of aliphatic hydroxyl groups is 1. The van der Waals surface area contributed by atoms with E-state index in [0.717, 1.165) is 12.8 Å². The van der Waals surface area contributed by atoms with Crippen LogP contribution < -0.4 is 5.73 Å². The van der Waals surface area contributed by atoms with Crippen LogP contribution in [-0.4, -0.2) is 10.8 Å². The molecule has 1 atom stereocenters. The van der Waals surface area contributed by atoms with Gasteiger partial charge in [0.15, 0.2) is 0 Å². The lowest BCUT2D eigenvalue weighted by Gasteiger charge is -2.16. The van der Waals surface area contributed by atoms with Crippen molar-refractivity contribution in [1.29, 1.82) is 0 Å².